The van der Waals surface area contributed by atoms with Crippen molar-refractivity contribution in [2.75, 3.05) is 19.6 Å². The van der Waals surface area contributed by atoms with Crippen LogP contribution in [0.25, 0.3) is 0 Å². The summed E-state index contributed by atoms with van der Waals surface area (Å²) in [4.78, 5) is 26.3. The number of carbonyl (C=O) groups excluding carboxylic acids is 2. The van der Waals surface area contributed by atoms with Gasteiger partial charge in [0.1, 0.15) is 5.69 Å². The van der Waals surface area contributed by atoms with Crippen molar-refractivity contribution in [1.82, 2.24) is 15.6 Å². The van der Waals surface area contributed by atoms with Crippen LogP contribution >= 0.6 is 23.7 Å². The first-order valence-electron chi connectivity index (χ1n) is 5.30. The van der Waals surface area contributed by atoms with Crippen molar-refractivity contribution in [3.63, 3.8) is 0 Å². The molecule has 0 radical (unpaired) electrons. The molecule has 8 heteroatoms. The molecule has 102 valence electrons. The van der Waals surface area contributed by atoms with Gasteiger partial charge < -0.3 is 16.4 Å². The van der Waals surface area contributed by atoms with Gasteiger partial charge >= 0.3 is 0 Å². The van der Waals surface area contributed by atoms with Crippen molar-refractivity contribution in [2.45, 2.75) is 13.3 Å². The van der Waals surface area contributed by atoms with E-state index in [1.54, 1.807) is 5.38 Å². The Hall–Kier alpha value is -1.18. The van der Waals surface area contributed by atoms with E-state index in [4.69, 9.17) is 5.73 Å². The Morgan fingerprint density at radius 2 is 2.06 bits per heavy atom. The normalized spacial score (nSPS) is 9.44. The molecule has 0 aromatic carbocycles. The molecule has 0 saturated heterocycles. The first kappa shape index (κ1) is 16.8. The quantitative estimate of drug-likeness (QED) is 0.640. The number of carbonyl (C=O) groups is 2. The van der Waals surface area contributed by atoms with Crippen LogP contribution in [-0.4, -0.2) is 36.4 Å². The second-order valence-electron chi connectivity index (χ2n) is 3.40. The average molecular weight is 293 g/mol. The fraction of sp³-hybridized carbons (Fsp3) is 0.500. The number of thiazole rings is 1. The van der Waals surface area contributed by atoms with E-state index in [0.29, 0.717) is 31.7 Å². The molecule has 4 N–H and O–H groups in total. The summed E-state index contributed by atoms with van der Waals surface area (Å²) in [5.74, 6) is -0.340. The van der Waals surface area contributed by atoms with Crippen molar-refractivity contribution in [1.29, 1.82) is 0 Å². The molecule has 6 nitrogen and oxygen atoms in total. The monoisotopic (exact) mass is 292 g/mol. The van der Waals surface area contributed by atoms with Crippen LogP contribution in [0.4, 0.5) is 0 Å². The van der Waals surface area contributed by atoms with Gasteiger partial charge in [-0.25, -0.2) is 4.98 Å². The largest absolute Gasteiger partial charge is 0.355 e. The minimum atomic E-state index is -0.227. The maximum Gasteiger partial charge on any atom is 0.270 e. The van der Waals surface area contributed by atoms with Gasteiger partial charge in [0.25, 0.3) is 5.91 Å². The zero-order valence-electron chi connectivity index (χ0n) is 10.1. The van der Waals surface area contributed by atoms with E-state index in [2.05, 4.69) is 15.6 Å². The lowest BCUT2D eigenvalue weighted by Gasteiger charge is -2.03. The van der Waals surface area contributed by atoms with Gasteiger partial charge in [-0.05, 0) is 6.54 Å². The van der Waals surface area contributed by atoms with E-state index in [0.717, 1.165) is 5.01 Å². The van der Waals surface area contributed by atoms with Gasteiger partial charge in [0.15, 0.2) is 0 Å². The van der Waals surface area contributed by atoms with E-state index in [1.807, 2.05) is 0 Å². The summed E-state index contributed by atoms with van der Waals surface area (Å²) in [7, 11) is 0. The summed E-state index contributed by atoms with van der Waals surface area (Å²) in [5.41, 5.74) is 5.80. The molecule has 1 heterocycles. The molecule has 0 spiro atoms. The maximum absolute atomic E-state index is 11.6. The van der Waals surface area contributed by atoms with Crippen LogP contribution in [0.3, 0.4) is 0 Å². The molecule has 1 aromatic heterocycles. The highest BCUT2D eigenvalue weighted by molar-refractivity contribution is 7.09. The number of nitrogens with one attached hydrogen (secondary N) is 2. The topological polar surface area (TPSA) is 97.1 Å². The molecule has 2 amide bonds. The summed E-state index contributed by atoms with van der Waals surface area (Å²) < 4.78 is 0. The number of rotatable bonds is 6. The second-order valence-corrected chi connectivity index (χ2v) is 4.35. The van der Waals surface area contributed by atoms with Gasteiger partial charge in [-0.1, -0.05) is 0 Å². The van der Waals surface area contributed by atoms with E-state index >= 15 is 0 Å². The summed E-state index contributed by atoms with van der Waals surface area (Å²) in [5, 5.41) is 7.83. The molecular formula is C10H17ClN4O2S. The van der Waals surface area contributed by atoms with E-state index in [-0.39, 0.29) is 24.2 Å². The SMILES string of the molecule is CC(=O)NCCNC(=O)c1csc(CCN)n1.Cl. The van der Waals surface area contributed by atoms with Gasteiger partial charge in [0, 0.05) is 31.8 Å². The smallest absolute Gasteiger partial charge is 0.270 e. The van der Waals surface area contributed by atoms with Gasteiger partial charge in [0.2, 0.25) is 5.91 Å². The highest BCUT2D eigenvalue weighted by atomic mass is 35.5. The van der Waals surface area contributed by atoms with E-state index in [1.165, 1.54) is 18.3 Å². The molecule has 0 aliphatic carbocycles. The number of hydrogen-bond donors (Lipinski definition) is 3. The summed E-state index contributed by atoms with van der Waals surface area (Å²) >= 11 is 1.42. The zero-order chi connectivity index (χ0) is 12.7. The minimum absolute atomic E-state index is 0. The van der Waals surface area contributed by atoms with E-state index in [9.17, 15) is 9.59 Å². The van der Waals surface area contributed by atoms with Crippen molar-refractivity contribution in [3.05, 3.63) is 16.1 Å². The van der Waals surface area contributed by atoms with Crippen LogP contribution in [0.1, 0.15) is 22.4 Å². The van der Waals surface area contributed by atoms with Gasteiger partial charge in [-0.15, -0.1) is 23.7 Å². The molecule has 0 bridgehead atoms. The standard InChI is InChI=1S/C10H16N4O2S.ClH/c1-7(15)12-4-5-13-10(16)8-6-17-9(14-8)2-3-11;/h6H,2-5,11H2,1H3,(H,12,15)(H,13,16);1H. The summed E-state index contributed by atoms with van der Waals surface area (Å²) in [6.45, 7) is 2.77. The highest BCUT2D eigenvalue weighted by Gasteiger charge is 2.09. The third-order valence-corrected chi connectivity index (χ3v) is 2.84. The van der Waals surface area contributed by atoms with Crippen molar-refractivity contribution >= 4 is 35.6 Å². The predicted octanol–water partition coefficient (Wildman–Crippen LogP) is -0.0680. The molecule has 18 heavy (non-hydrogen) atoms. The number of nitrogens with zero attached hydrogens (tertiary/aromatic N) is 1. The number of aromatic nitrogens is 1. The van der Waals surface area contributed by atoms with E-state index < -0.39 is 0 Å². The van der Waals surface area contributed by atoms with Gasteiger partial charge in [-0.2, -0.15) is 0 Å². The number of halogens is 1. The lowest BCUT2D eigenvalue weighted by Crippen LogP contribution is -2.33. The van der Waals surface area contributed by atoms with Gasteiger partial charge in [-0.3, -0.25) is 9.59 Å². The van der Waals surface area contributed by atoms with Crippen molar-refractivity contribution < 1.29 is 9.59 Å². The molecule has 0 unspecified atom stereocenters. The highest BCUT2D eigenvalue weighted by Crippen LogP contribution is 2.09. The Morgan fingerprint density at radius 1 is 1.39 bits per heavy atom. The Kier molecular flexibility index (Phi) is 8.27. The third kappa shape index (κ3) is 5.95. The first-order valence-corrected chi connectivity index (χ1v) is 6.18. The van der Waals surface area contributed by atoms with Crippen LogP contribution in [0, 0.1) is 0 Å². The minimum Gasteiger partial charge on any atom is -0.355 e. The average Bonchev–Trinajstić information content (AvgIpc) is 2.73. The maximum atomic E-state index is 11.6. The molecule has 0 saturated carbocycles. The third-order valence-electron chi connectivity index (χ3n) is 1.93. The van der Waals surface area contributed by atoms with Crippen LogP contribution < -0.4 is 16.4 Å². The fourth-order valence-corrected chi connectivity index (χ4v) is 1.95. The van der Waals surface area contributed by atoms with Crippen molar-refractivity contribution in [3.8, 4) is 0 Å². The molecule has 0 aliphatic heterocycles. The summed E-state index contributed by atoms with van der Waals surface area (Å²) in [6, 6.07) is 0. The zero-order valence-corrected chi connectivity index (χ0v) is 11.7. The van der Waals surface area contributed by atoms with Crippen LogP contribution in [0.5, 0.6) is 0 Å². The number of hydrogen-bond acceptors (Lipinski definition) is 5. The molecule has 1 rings (SSSR count). The fourth-order valence-electron chi connectivity index (χ4n) is 1.16. The number of amides is 2. The Bertz CT molecular complexity index is 397. The lowest BCUT2D eigenvalue weighted by molar-refractivity contribution is -0.118. The van der Waals surface area contributed by atoms with Crippen LogP contribution in [0.15, 0.2) is 5.38 Å². The Balaban J connectivity index is 0.00000289. The molecule has 0 atom stereocenters. The second kappa shape index (κ2) is 8.84. The molecule has 1 aromatic rings. The Morgan fingerprint density at radius 3 is 2.67 bits per heavy atom. The predicted molar refractivity (Wildman–Crippen MR) is 73.1 cm³/mol. The van der Waals surface area contributed by atoms with Crippen LogP contribution in [0.2, 0.25) is 0 Å². The van der Waals surface area contributed by atoms with Gasteiger partial charge in [0.05, 0.1) is 5.01 Å². The molecule has 0 aliphatic rings. The lowest BCUT2D eigenvalue weighted by atomic mass is 10.4. The van der Waals surface area contributed by atoms with Crippen LogP contribution in [-0.2, 0) is 11.2 Å². The molecule has 0 fully saturated rings. The van der Waals surface area contributed by atoms with Crippen molar-refractivity contribution in [2.24, 2.45) is 5.73 Å². The number of nitrogens with two attached hydrogens (primary N) is 1. The molecular weight excluding hydrogens is 276 g/mol. The summed E-state index contributed by atoms with van der Waals surface area (Å²) in [6.07, 6.45) is 0.684. The Labute approximate surface area is 116 Å². The first-order chi connectivity index (χ1) is 8.13.